The zero-order valence-electron chi connectivity index (χ0n) is 12.6. The number of rotatable bonds is 5. The Balaban J connectivity index is 2.51. The van der Waals surface area contributed by atoms with Crippen LogP contribution in [0, 0.1) is 0 Å². The Kier molecular flexibility index (Phi) is 5.55. The van der Waals surface area contributed by atoms with Gasteiger partial charge in [-0.25, -0.2) is 10.6 Å². The van der Waals surface area contributed by atoms with Gasteiger partial charge in [0.2, 0.25) is 0 Å². The van der Waals surface area contributed by atoms with E-state index < -0.39 is 37.0 Å². The monoisotopic (exact) mass is 378 g/mol. The van der Waals surface area contributed by atoms with Gasteiger partial charge in [0.25, 0.3) is 5.91 Å². The zero-order valence-corrected chi connectivity index (χ0v) is 13.4. The quantitative estimate of drug-likeness (QED) is 0.408. The number of amides is 1. The highest BCUT2D eigenvalue weighted by atomic mass is 35.5. The highest BCUT2D eigenvalue weighted by Crippen LogP contribution is 2.25. The lowest BCUT2D eigenvalue weighted by atomic mass is 10.1. The predicted molar refractivity (Wildman–Crippen MR) is 83.5 cm³/mol. The van der Waals surface area contributed by atoms with Crippen LogP contribution in [-0.4, -0.2) is 32.4 Å². The van der Waals surface area contributed by atoms with Gasteiger partial charge in [0.05, 0.1) is 12.2 Å². The molecule has 0 unspecified atom stereocenters. The molecule has 1 amide bonds. The minimum atomic E-state index is -4.90. The maximum Gasteiger partial charge on any atom is 0.416 e. The lowest BCUT2D eigenvalue weighted by Crippen LogP contribution is -2.39. The smallest absolute Gasteiger partial charge is 0.382 e. The number of alkyl halides is 3. The number of nitrogens with one attached hydrogen (secondary N) is 1. The first-order valence-corrected chi connectivity index (χ1v) is 7.31. The van der Waals surface area contributed by atoms with E-state index in [0.29, 0.717) is 10.6 Å². The van der Waals surface area contributed by atoms with Crippen molar-refractivity contribution >= 4 is 17.5 Å². The third kappa shape index (κ3) is 4.41. The summed E-state index contributed by atoms with van der Waals surface area (Å²) >= 11 is 5.78. The number of hydrazine groups is 1. The summed E-state index contributed by atoms with van der Waals surface area (Å²) in [6.45, 7) is -1.50. The minimum absolute atomic E-state index is 0.0924. The average molecular weight is 379 g/mol. The van der Waals surface area contributed by atoms with E-state index in [0.717, 1.165) is 9.13 Å². The van der Waals surface area contributed by atoms with Crippen molar-refractivity contribution in [3.05, 3.63) is 46.0 Å². The second kappa shape index (κ2) is 7.30. The molecule has 2 aromatic rings. The van der Waals surface area contributed by atoms with Gasteiger partial charge in [-0.15, -0.1) is 0 Å². The second-order valence-corrected chi connectivity index (χ2v) is 5.60. The summed E-state index contributed by atoms with van der Waals surface area (Å²) in [5.74, 6) is 4.25. The Morgan fingerprint density at radius 2 is 1.92 bits per heavy atom. The van der Waals surface area contributed by atoms with Crippen LogP contribution in [0.1, 0.15) is 0 Å². The van der Waals surface area contributed by atoms with Crippen molar-refractivity contribution in [1.29, 1.82) is 0 Å². The molecule has 1 atom stereocenters. The highest BCUT2D eigenvalue weighted by molar-refractivity contribution is 6.30. The summed E-state index contributed by atoms with van der Waals surface area (Å²) in [7, 11) is 0. The van der Waals surface area contributed by atoms with Gasteiger partial charge in [0.15, 0.2) is 6.10 Å². The molecular formula is C14H14ClF3N4O3. The van der Waals surface area contributed by atoms with Crippen LogP contribution in [0.2, 0.25) is 5.02 Å². The predicted octanol–water partition coefficient (Wildman–Crippen LogP) is 0.883. The summed E-state index contributed by atoms with van der Waals surface area (Å²) in [6.07, 6.45) is -6.42. The molecule has 7 nitrogen and oxygen atoms in total. The number of aliphatic hydroxyl groups is 1. The molecule has 0 radical (unpaired) electrons. The van der Waals surface area contributed by atoms with Gasteiger partial charge in [-0.3, -0.25) is 19.4 Å². The molecule has 0 fully saturated rings. The van der Waals surface area contributed by atoms with Crippen LogP contribution in [0.5, 0.6) is 0 Å². The molecule has 4 N–H and O–H groups in total. The van der Waals surface area contributed by atoms with E-state index in [-0.39, 0.29) is 5.69 Å². The fourth-order valence-electron chi connectivity index (χ4n) is 2.15. The number of hydrogen-bond donors (Lipinski definition) is 3. The first-order valence-electron chi connectivity index (χ1n) is 6.93. The lowest BCUT2D eigenvalue weighted by Gasteiger charge is -2.16. The molecule has 0 aliphatic carbocycles. The Morgan fingerprint density at radius 1 is 1.32 bits per heavy atom. The van der Waals surface area contributed by atoms with Crippen molar-refractivity contribution in [2.24, 2.45) is 5.84 Å². The number of nitrogens with two attached hydrogens (primary N) is 1. The Bertz CT molecular complexity index is 814. The number of carbonyl (C=O) groups is 1. The summed E-state index contributed by atoms with van der Waals surface area (Å²) < 4.78 is 39.6. The Morgan fingerprint density at radius 3 is 2.44 bits per heavy atom. The van der Waals surface area contributed by atoms with Gasteiger partial charge in [-0.2, -0.15) is 13.2 Å². The zero-order chi connectivity index (χ0) is 18.8. The van der Waals surface area contributed by atoms with Gasteiger partial charge in [-0.1, -0.05) is 23.7 Å². The Labute approximate surface area is 144 Å². The molecule has 1 heterocycles. The number of halogens is 4. The van der Waals surface area contributed by atoms with Crippen LogP contribution >= 0.6 is 11.6 Å². The molecule has 136 valence electrons. The van der Waals surface area contributed by atoms with Crippen molar-refractivity contribution in [1.82, 2.24) is 14.6 Å². The van der Waals surface area contributed by atoms with Crippen LogP contribution in [0.25, 0.3) is 11.3 Å². The molecule has 1 aromatic heterocycles. The van der Waals surface area contributed by atoms with E-state index in [1.165, 1.54) is 30.5 Å². The average Bonchev–Trinajstić information content (AvgIpc) is 2.84. The molecular weight excluding hydrogens is 365 g/mol. The molecule has 0 aliphatic heterocycles. The van der Waals surface area contributed by atoms with Gasteiger partial charge in [-0.05, 0) is 17.7 Å². The van der Waals surface area contributed by atoms with E-state index in [1.807, 2.05) is 5.43 Å². The normalized spacial score (nSPS) is 12.9. The molecule has 0 saturated heterocycles. The summed E-state index contributed by atoms with van der Waals surface area (Å²) in [5, 5.41) is 9.70. The largest absolute Gasteiger partial charge is 0.416 e. The number of imidazole rings is 1. The van der Waals surface area contributed by atoms with Crippen molar-refractivity contribution in [2.75, 3.05) is 0 Å². The number of aliphatic hydroxyl groups excluding tert-OH is 1. The van der Waals surface area contributed by atoms with Crippen molar-refractivity contribution in [2.45, 2.75) is 25.4 Å². The van der Waals surface area contributed by atoms with E-state index in [2.05, 4.69) is 0 Å². The van der Waals surface area contributed by atoms with E-state index in [4.69, 9.17) is 17.4 Å². The molecule has 11 heteroatoms. The van der Waals surface area contributed by atoms with Crippen LogP contribution < -0.4 is 17.0 Å². The van der Waals surface area contributed by atoms with Gasteiger partial charge in [0.1, 0.15) is 6.54 Å². The molecule has 1 aromatic carbocycles. The standard InChI is InChI=1S/C14H14ClF3N4O3/c15-9-3-1-8(2-4-9)10-5-21(7-12(24)20-19)13(25)22(10)6-11(23)14(16,17)18/h1-5,11,23H,6-7,19H2,(H,20,24)/t11-/m0/s1. The van der Waals surface area contributed by atoms with E-state index in [9.17, 15) is 27.9 Å². The van der Waals surface area contributed by atoms with Crippen LogP contribution in [0.4, 0.5) is 13.2 Å². The molecule has 0 spiro atoms. The highest BCUT2D eigenvalue weighted by Gasteiger charge is 2.39. The van der Waals surface area contributed by atoms with Crippen LogP contribution in [0.15, 0.2) is 35.3 Å². The van der Waals surface area contributed by atoms with E-state index in [1.54, 1.807) is 0 Å². The number of benzene rings is 1. The van der Waals surface area contributed by atoms with Gasteiger partial charge < -0.3 is 5.11 Å². The van der Waals surface area contributed by atoms with Crippen molar-refractivity contribution in [3.8, 4) is 11.3 Å². The van der Waals surface area contributed by atoms with Crippen LogP contribution in [-0.2, 0) is 17.9 Å². The SMILES string of the molecule is NNC(=O)Cn1cc(-c2ccc(Cl)cc2)n(C[C@H](O)C(F)(F)F)c1=O. The summed E-state index contributed by atoms with van der Waals surface area (Å²) in [5.41, 5.74) is 1.42. The van der Waals surface area contributed by atoms with Gasteiger partial charge in [0, 0.05) is 11.2 Å². The molecule has 0 bridgehead atoms. The fraction of sp³-hybridized carbons (Fsp3) is 0.286. The Hall–Kier alpha value is -2.30. The number of hydrogen-bond acceptors (Lipinski definition) is 4. The first-order chi connectivity index (χ1) is 11.6. The molecule has 0 saturated carbocycles. The molecule has 2 rings (SSSR count). The topological polar surface area (TPSA) is 102 Å². The number of nitrogens with zero attached hydrogens (tertiary/aromatic N) is 2. The fourth-order valence-corrected chi connectivity index (χ4v) is 2.27. The van der Waals surface area contributed by atoms with Gasteiger partial charge >= 0.3 is 11.9 Å². The molecule has 0 aliphatic rings. The van der Waals surface area contributed by atoms with Crippen LogP contribution in [0.3, 0.4) is 0 Å². The maximum atomic E-state index is 12.7. The minimum Gasteiger partial charge on any atom is -0.382 e. The number of aromatic nitrogens is 2. The first kappa shape index (κ1) is 19.0. The third-order valence-corrected chi connectivity index (χ3v) is 3.65. The van der Waals surface area contributed by atoms with E-state index >= 15 is 0 Å². The summed E-state index contributed by atoms with van der Waals surface area (Å²) in [4.78, 5) is 23.7. The molecule has 25 heavy (non-hydrogen) atoms. The lowest BCUT2D eigenvalue weighted by molar-refractivity contribution is -0.207. The van der Waals surface area contributed by atoms with Crippen molar-refractivity contribution < 1.29 is 23.1 Å². The third-order valence-electron chi connectivity index (χ3n) is 3.39. The second-order valence-electron chi connectivity index (χ2n) is 5.17. The maximum absolute atomic E-state index is 12.7. The van der Waals surface area contributed by atoms with Crippen molar-refractivity contribution in [3.63, 3.8) is 0 Å². The summed E-state index contributed by atoms with van der Waals surface area (Å²) in [6, 6.07) is 5.99. The number of carbonyl (C=O) groups excluding carboxylic acids is 1.